The molecule has 0 bridgehead atoms. The SMILES string of the molecule is CN(C)CCCN1C(=O)CNC1C1CCCC1. The molecule has 1 saturated carbocycles. The molecule has 2 rings (SSSR count). The van der Waals surface area contributed by atoms with Gasteiger partial charge in [-0.1, -0.05) is 12.8 Å². The lowest BCUT2D eigenvalue weighted by atomic mass is 10.0. The Hall–Kier alpha value is -0.610. The fourth-order valence-electron chi connectivity index (χ4n) is 3.07. The van der Waals surface area contributed by atoms with Gasteiger partial charge < -0.3 is 9.80 Å². The zero-order valence-corrected chi connectivity index (χ0v) is 11.1. The molecule has 0 aromatic carbocycles. The number of amides is 1. The second-order valence-corrected chi connectivity index (χ2v) is 5.61. The normalized spacial score (nSPS) is 26.4. The number of rotatable bonds is 5. The summed E-state index contributed by atoms with van der Waals surface area (Å²) in [5.74, 6) is 0.987. The number of nitrogens with zero attached hydrogens (tertiary/aromatic N) is 2. The van der Waals surface area contributed by atoms with Gasteiger partial charge in [0.05, 0.1) is 12.7 Å². The molecule has 1 atom stereocenters. The molecule has 17 heavy (non-hydrogen) atoms. The third-order valence-electron chi connectivity index (χ3n) is 3.97. The average Bonchev–Trinajstić information content (AvgIpc) is 2.88. The van der Waals surface area contributed by atoms with Crippen molar-refractivity contribution >= 4 is 5.91 Å². The van der Waals surface area contributed by atoms with Crippen molar-refractivity contribution in [3.05, 3.63) is 0 Å². The van der Waals surface area contributed by atoms with Crippen molar-refractivity contribution in [2.24, 2.45) is 5.92 Å². The summed E-state index contributed by atoms with van der Waals surface area (Å²) in [6.45, 7) is 2.51. The van der Waals surface area contributed by atoms with Crippen LogP contribution in [0, 0.1) is 5.92 Å². The van der Waals surface area contributed by atoms with Gasteiger partial charge >= 0.3 is 0 Å². The third-order valence-corrected chi connectivity index (χ3v) is 3.97. The summed E-state index contributed by atoms with van der Waals surface area (Å²) < 4.78 is 0. The van der Waals surface area contributed by atoms with Gasteiger partial charge in [-0.15, -0.1) is 0 Å². The molecule has 1 N–H and O–H groups in total. The molecule has 4 nitrogen and oxygen atoms in total. The molecule has 1 aliphatic heterocycles. The first-order chi connectivity index (χ1) is 8.18. The van der Waals surface area contributed by atoms with E-state index < -0.39 is 0 Å². The van der Waals surface area contributed by atoms with Crippen LogP contribution in [-0.4, -0.2) is 55.6 Å². The molecule has 2 fully saturated rings. The Morgan fingerprint density at radius 3 is 2.71 bits per heavy atom. The van der Waals surface area contributed by atoms with Crippen LogP contribution in [0.4, 0.5) is 0 Å². The minimum absolute atomic E-state index is 0.292. The van der Waals surface area contributed by atoms with E-state index in [0.717, 1.165) is 19.5 Å². The largest absolute Gasteiger partial charge is 0.326 e. The van der Waals surface area contributed by atoms with E-state index >= 15 is 0 Å². The zero-order valence-electron chi connectivity index (χ0n) is 11.1. The smallest absolute Gasteiger partial charge is 0.237 e. The van der Waals surface area contributed by atoms with Crippen LogP contribution in [-0.2, 0) is 4.79 Å². The third kappa shape index (κ3) is 3.19. The predicted molar refractivity (Wildman–Crippen MR) is 68.6 cm³/mol. The minimum atomic E-state index is 0.292. The van der Waals surface area contributed by atoms with E-state index in [0.29, 0.717) is 24.5 Å². The van der Waals surface area contributed by atoms with Gasteiger partial charge in [0.2, 0.25) is 5.91 Å². The van der Waals surface area contributed by atoms with E-state index in [2.05, 4.69) is 29.2 Å². The summed E-state index contributed by atoms with van der Waals surface area (Å²) in [7, 11) is 4.16. The van der Waals surface area contributed by atoms with Crippen LogP contribution >= 0.6 is 0 Å². The van der Waals surface area contributed by atoms with Crippen LogP contribution in [0.3, 0.4) is 0 Å². The van der Waals surface area contributed by atoms with E-state index in [-0.39, 0.29) is 0 Å². The topological polar surface area (TPSA) is 35.6 Å². The highest BCUT2D eigenvalue weighted by molar-refractivity contribution is 5.80. The lowest BCUT2D eigenvalue weighted by molar-refractivity contribution is -0.128. The fourth-order valence-corrected chi connectivity index (χ4v) is 3.07. The maximum Gasteiger partial charge on any atom is 0.237 e. The van der Waals surface area contributed by atoms with Crippen molar-refractivity contribution in [1.29, 1.82) is 0 Å². The lowest BCUT2D eigenvalue weighted by Crippen LogP contribution is -2.43. The van der Waals surface area contributed by atoms with Gasteiger partial charge in [0.15, 0.2) is 0 Å². The summed E-state index contributed by atoms with van der Waals surface area (Å²) in [6, 6.07) is 0. The molecule has 0 aromatic rings. The highest BCUT2D eigenvalue weighted by Crippen LogP contribution is 2.30. The van der Waals surface area contributed by atoms with Crippen LogP contribution < -0.4 is 5.32 Å². The summed E-state index contributed by atoms with van der Waals surface area (Å²) >= 11 is 0. The minimum Gasteiger partial charge on any atom is -0.326 e. The Balaban J connectivity index is 1.85. The van der Waals surface area contributed by atoms with Crippen LogP contribution in [0.1, 0.15) is 32.1 Å². The van der Waals surface area contributed by atoms with Crippen molar-refractivity contribution in [3.8, 4) is 0 Å². The van der Waals surface area contributed by atoms with E-state index in [1.54, 1.807) is 0 Å². The number of hydrogen-bond acceptors (Lipinski definition) is 3. The summed E-state index contributed by atoms with van der Waals surface area (Å²) in [6.07, 6.45) is 6.64. The standard InChI is InChI=1S/C13H25N3O/c1-15(2)8-5-9-16-12(17)10-14-13(16)11-6-3-4-7-11/h11,13-14H,3-10H2,1-2H3. The van der Waals surface area contributed by atoms with Gasteiger partial charge in [-0.25, -0.2) is 0 Å². The first kappa shape index (κ1) is 12.8. The molecule has 1 saturated heterocycles. The van der Waals surface area contributed by atoms with Gasteiger partial charge in [0.25, 0.3) is 0 Å². The van der Waals surface area contributed by atoms with E-state index in [4.69, 9.17) is 0 Å². The van der Waals surface area contributed by atoms with Gasteiger partial charge in [0, 0.05) is 6.54 Å². The Labute approximate surface area is 104 Å². The van der Waals surface area contributed by atoms with Crippen molar-refractivity contribution < 1.29 is 4.79 Å². The molecule has 1 unspecified atom stereocenters. The van der Waals surface area contributed by atoms with Gasteiger partial charge in [0.1, 0.15) is 0 Å². The first-order valence-electron chi connectivity index (χ1n) is 6.86. The molecule has 2 aliphatic rings. The molecule has 1 heterocycles. The van der Waals surface area contributed by atoms with E-state index in [9.17, 15) is 4.79 Å². The Morgan fingerprint density at radius 1 is 1.35 bits per heavy atom. The predicted octanol–water partition coefficient (Wildman–Crippen LogP) is 0.886. The Bertz CT molecular complexity index is 261. The second-order valence-electron chi connectivity index (χ2n) is 5.61. The van der Waals surface area contributed by atoms with Gasteiger partial charge in [-0.3, -0.25) is 10.1 Å². The molecular formula is C13H25N3O. The van der Waals surface area contributed by atoms with Gasteiger partial charge in [-0.05, 0) is 45.8 Å². The van der Waals surface area contributed by atoms with Crippen molar-refractivity contribution in [2.45, 2.75) is 38.3 Å². The number of carbonyl (C=O) groups excluding carboxylic acids is 1. The molecule has 0 spiro atoms. The molecule has 0 radical (unpaired) electrons. The molecule has 1 aliphatic carbocycles. The van der Waals surface area contributed by atoms with Crippen molar-refractivity contribution in [2.75, 3.05) is 33.7 Å². The molecule has 98 valence electrons. The zero-order chi connectivity index (χ0) is 12.3. The molecular weight excluding hydrogens is 214 g/mol. The Kier molecular flexibility index (Phi) is 4.40. The molecule has 1 amide bonds. The van der Waals surface area contributed by atoms with E-state index in [1.807, 2.05) is 0 Å². The van der Waals surface area contributed by atoms with Crippen LogP contribution in [0.25, 0.3) is 0 Å². The number of hydrogen-bond donors (Lipinski definition) is 1. The average molecular weight is 239 g/mol. The summed E-state index contributed by atoms with van der Waals surface area (Å²) in [5, 5.41) is 3.40. The quantitative estimate of drug-likeness (QED) is 0.774. The molecule has 4 heteroatoms. The maximum atomic E-state index is 11.9. The maximum absolute atomic E-state index is 11.9. The highest BCUT2D eigenvalue weighted by atomic mass is 16.2. The van der Waals surface area contributed by atoms with Crippen LogP contribution in [0.2, 0.25) is 0 Å². The Morgan fingerprint density at radius 2 is 2.06 bits per heavy atom. The van der Waals surface area contributed by atoms with Crippen LogP contribution in [0.5, 0.6) is 0 Å². The lowest BCUT2D eigenvalue weighted by Gasteiger charge is -2.29. The molecule has 0 aromatic heterocycles. The highest BCUT2D eigenvalue weighted by Gasteiger charge is 2.36. The van der Waals surface area contributed by atoms with E-state index in [1.165, 1.54) is 25.7 Å². The van der Waals surface area contributed by atoms with Crippen LogP contribution in [0.15, 0.2) is 0 Å². The monoisotopic (exact) mass is 239 g/mol. The second kappa shape index (κ2) is 5.83. The number of nitrogens with one attached hydrogen (secondary N) is 1. The number of carbonyl (C=O) groups is 1. The van der Waals surface area contributed by atoms with Gasteiger partial charge in [-0.2, -0.15) is 0 Å². The van der Waals surface area contributed by atoms with Crippen molar-refractivity contribution in [3.63, 3.8) is 0 Å². The first-order valence-corrected chi connectivity index (χ1v) is 6.86. The van der Waals surface area contributed by atoms with Crippen molar-refractivity contribution in [1.82, 2.24) is 15.1 Å². The summed E-state index contributed by atoms with van der Waals surface area (Å²) in [4.78, 5) is 16.1. The fraction of sp³-hybridized carbons (Fsp3) is 0.923. The summed E-state index contributed by atoms with van der Waals surface area (Å²) in [5.41, 5.74) is 0.